The Morgan fingerprint density at radius 2 is 2.05 bits per heavy atom. The maximum absolute atomic E-state index is 10.9. The summed E-state index contributed by atoms with van der Waals surface area (Å²) >= 11 is 0. The van der Waals surface area contributed by atoms with Crippen LogP contribution in [0.1, 0.15) is 23.2 Å². The van der Waals surface area contributed by atoms with Crippen LogP contribution < -0.4 is 16.0 Å². The first kappa shape index (κ1) is 13.1. The van der Waals surface area contributed by atoms with Crippen molar-refractivity contribution >= 4 is 17.8 Å². The van der Waals surface area contributed by atoms with E-state index in [1.54, 1.807) is 12.1 Å². The zero-order valence-electron chi connectivity index (χ0n) is 10.4. The van der Waals surface area contributed by atoms with Gasteiger partial charge in [0, 0.05) is 25.3 Å². The lowest BCUT2D eigenvalue weighted by molar-refractivity contribution is 0.1000. The summed E-state index contributed by atoms with van der Waals surface area (Å²) in [5.41, 5.74) is 5.53. The van der Waals surface area contributed by atoms with Crippen molar-refractivity contribution in [2.75, 3.05) is 18.0 Å². The zero-order chi connectivity index (χ0) is 13.8. The topological polar surface area (TPSA) is 109 Å². The number of pyridine rings is 1. The highest BCUT2D eigenvalue weighted by Gasteiger charge is 2.21. The average Bonchev–Trinajstić information content (AvgIpc) is 2.39. The van der Waals surface area contributed by atoms with Gasteiger partial charge in [0.25, 0.3) is 0 Å². The van der Waals surface area contributed by atoms with Crippen molar-refractivity contribution in [2.45, 2.75) is 18.9 Å². The number of carbonyl (C=O) groups is 2. The second-order valence-electron chi connectivity index (χ2n) is 4.48. The number of hydrogen-bond donors (Lipinski definition) is 3. The number of primary amides is 1. The first-order valence-corrected chi connectivity index (χ1v) is 6.06. The Bertz CT molecular complexity index is 466. The van der Waals surface area contributed by atoms with Crippen molar-refractivity contribution in [3.8, 4) is 0 Å². The predicted molar refractivity (Wildman–Crippen MR) is 69.2 cm³/mol. The fraction of sp³-hybridized carbons (Fsp3) is 0.417. The molecule has 0 unspecified atom stereocenters. The van der Waals surface area contributed by atoms with Crippen LogP contribution in [0.2, 0.25) is 0 Å². The number of hydrogen-bond acceptors (Lipinski definition) is 4. The summed E-state index contributed by atoms with van der Waals surface area (Å²) in [6.07, 6.45) is 1.96. The van der Waals surface area contributed by atoms with Crippen LogP contribution in [0, 0.1) is 0 Å². The van der Waals surface area contributed by atoms with Gasteiger partial charge in [0.15, 0.2) is 0 Å². The quantitative estimate of drug-likeness (QED) is 0.733. The van der Waals surface area contributed by atoms with Crippen molar-refractivity contribution in [1.29, 1.82) is 0 Å². The molecule has 0 bridgehead atoms. The molecule has 2 amide bonds. The van der Waals surface area contributed by atoms with Gasteiger partial charge in [-0.2, -0.15) is 0 Å². The summed E-state index contributed by atoms with van der Waals surface area (Å²) in [6, 6.07) is 3.40. The van der Waals surface area contributed by atoms with E-state index in [0.717, 1.165) is 31.7 Å². The Labute approximate surface area is 110 Å². The fourth-order valence-corrected chi connectivity index (χ4v) is 2.15. The number of carboxylic acid groups (broad SMARTS) is 1. The third kappa shape index (κ3) is 3.34. The monoisotopic (exact) mass is 264 g/mol. The van der Waals surface area contributed by atoms with Crippen LogP contribution >= 0.6 is 0 Å². The third-order valence-electron chi connectivity index (χ3n) is 3.18. The lowest BCUT2D eigenvalue weighted by atomic mass is 10.1. The molecule has 0 saturated carbocycles. The Morgan fingerprint density at radius 1 is 1.37 bits per heavy atom. The molecule has 0 radical (unpaired) electrons. The number of anilines is 1. The molecule has 1 aliphatic rings. The number of aromatic nitrogens is 1. The maximum Gasteiger partial charge on any atom is 0.404 e. The number of rotatable bonds is 3. The normalized spacial score (nSPS) is 16.1. The first-order chi connectivity index (χ1) is 9.06. The van der Waals surface area contributed by atoms with E-state index in [0.29, 0.717) is 5.56 Å². The average molecular weight is 264 g/mol. The van der Waals surface area contributed by atoms with Gasteiger partial charge in [-0.25, -0.2) is 9.78 Å². The summed E-state index contributed by atoms with van der Waals surface area (Å²) in [4.78, 5) is 27.7. The minimum atomic E-state index is -0.984. The van der Waals surface area contributed by atoms with E-state index in [2.05, 4.69) is 15.2 Å². The van der Waals surface area contributed by atoms with E-state index in [1.807, 2.05) is 0 Å². The predicted octanol–water partition coefficient (Wildman–Crippen LogP) is 0.417. The molecule has 0 aromatic carbocycles. The fourth-order valence-electron chi connectivity index (χ4n) is 2.15. The molecule has 0 aliphatic carbocycles. The van der Waals surface area contributed by atoms with Crippen molar-refractivity contribution in [3.63, 3.8) is 0 Å². The Balaban J connectivity index is 1.94. The lowest BCUT2D eigenvalue weighted by Gasteiger charge is -2.32. The SMILES string of the molecule is NC(=O)c1ccc(N2CCC(NC(=O)O)CC2)nc1. The summed E-state index contributed by atoms with van der Waals surface area (Å²) in [7, 11) is 0. The molecule has 1 fully saturated rings. The van der Waals surface area contributed by atoms with Gasteiger partial charge in [0.05, 0.1) is 5.56 Å². The molecule has 0 spiro atoms. The van der Waals surface area contributed by atoms with Gasteiger partial charge in [0.2, 0.25) is 5.91 Å². The molecule has 102 valence electrons. The van der Waals surface area contributed by atoms with Gasteiger partial charge in [-0.3, -0.25) is 4.79 Å². The van der Waals surface area contributed by atoms with E-state index in [9.17, 15) is 9.59 Å². The van der Waals surface area contributed by atoms with E-state index < -0.39 is 12.0 Å². The highest BCUT2D eigenvalue weighted by Crippen LogP contribution is 2.18. The van der Waals surface area contributed by atoms with Gasteiger partial charge in [0.1, 0.15) is 5.82 Å². The van der Waals surface area contributed by atoms with Gasteiger partial charge in [-0.1, -0.05) is 0 Å². The Kier molecular flexibility index (Phi) is 3.84. The number of nitrogens with two attached hydrogens (primary N) is 1. The molecule has 1 saturated heterocycles. The second-order valence-corrected chi connectivity index (χ2v) is 4.48. The summed E-state index contributed by atoms with van der Waals surface area (Å²) in [6.45, 7) is 1.46. The molecule has 2 heterocycles. The van der Waals surface area contributed by atoms with Crippen LogP contribution in [-0.4, -0.2) is 41.2 Å². The molecule has 0 atom stereocenters. The molecule has 1 aliphatic heterocycles. The molecule has 7 heteroatoms. The second kappa shape index (κ2) is 5.55. The Morgan fingerprint density at radius 3 is 2.53 bits per heavy atom. The number of piperidine rings is 1. The van der Waals surface area contributed by atoms with E-state index in [4.69, 9.17) is 10.8 Å². The van der Waals surface area contributed by atoms with Crippen molar-refractivity contribution in [3.05, 3.63) is 23.9 Å². The molecule has 7 nitrogen and oxygen atoms in total. The van der Waals surface area contributed by atoms with Crippen LogP contribution in [0.3, 0.4) is 0 Å². The van der Waals surface area contributed by atoms with Crippen molar-refractivity contribution in [1.82, 2.24) is 10.3 Å². The first-order valence-electron chi connectivity index (χ1n) is 6.06. The van der Waals surface area contributed by atoms with Crippen LogP contribution in [0.25, 0.3) is 0 Å². The summed E-state index contributed by atoms with van der Waals surface area (Å²) in [5, 5.41) is 11.1. The molecular weight excluding hydrogens is 248 g/mol. The summed E-state index contributed by atoms with van der Waals surface area (Å²) in [5.74, 6) is 0.280. The molecule has 1 aromatic heterocycles. The van der Waals surface area contributed by atoms with Gasteiger partial charge in [-0.15, -0.1) is 0 Å². The minimum Gasteiger partial charge on any atom is -0.465 e. The number of nitrogens with one attached hydrogen (secondary N) is 1. The largest absolute Gasteiger partial charge is 0.465 e. The third-order valence-corrected chi connectivity index (χ3v) is 3.18. The molecule has 4 N–H and O–H groups in total. The zero-order valence-corrected chi connectivity index (χ0v) is 10.4. The van der Waals surface area contributed by atoms with Gasteiger partial charge in [-0.05, 0) is 25.0 Å². The molecule has 2 rings (SSSR count). The van der Waals surface area contributed by atoms with Crippen LogP contribution in [0.15, 0.2) is 18.3 Å². The smallest absolute Gasteiger partial charge is 0.404 e. The maximum atomic E-state index is 10.9. The standard InChI is InChI=1S/C12H16N4O3/c13-11(17)8-1-2-10(14-7-8)16-5-3-9(4-6-16)15-12(18)19/h1-2,7,9,15H,3-6H2,(H2,13,17)(H,18,19). The van der Waals surface area contributed by atoms with E-state index in [-0.39, 0.29) is 6.04 Å². The lowest BCUT2D eigenvalue weighted by Crippen LogP contribution is -2.44. The number of nitrogens with zero attached hydrogens (tertiary/aromatic N) is 2. The van der Waals surface area contributed by atoms with E-state index in [1.165, 1.54) is 6.20 Å². The van der Waals surface area contributed by atoms with Crippen LogP contribution in [-0.2, 0) is 0 Å². The number of amides is 2. The molecular formula is C12H16N4O3. The van der Waals surface area contributed by atoms with Gasteiger partial charge >= 0.3 is 6.09 Å². The Hall–Kier alpha value is -2.31. The van der Waals surface area contributed by atoms with E-state index >= 15 is 0 Å². The highest BCUT2D eigenvalue weighted by atomic mass is 16.4. The van der Waals surface area contributed by atoms with Gasteiger partial charge < -0.3 is 21.1 Å². The molecule has 1 aromatic rings. The summed E-state index contributed by atoms with van der Waals surface area (Å²) < 4.78 is 0. The van der Waals surface area contributed by atoms with Crippen LogP contribution in [0.5, 0.6) is 0 Å². The van der Waals surface area contributed by atoms with Crippen LogP contribution in [0.4, 0.5) is 10.6 Å². The number of carbonyl (C=O) groups excluding carboxylic acids is 1. The minimum absolute atomic E-state index is 0.00126. The molecule has 19 heavy (non-hydrogen) atoms. The van der Waals surface area contributed by atoms with Crippen molar-refractivity contribution < 1.29 is 14.7 Å². The van der Waals surface area contributed by atoms with Crippen molar-refractivity contribution in [2.24, 2.45) is 5.73 Å². The highest BCUT2D eigenvalue weighted by molar-refractivity contribution is 5.92.